The highest BCUT2D eigenvalue weighted by atomic mass is 16.2. The van der Waals surface area contributed by atoms with Crippen LogP contribution in [0.25, 0.3) is 11.3 Å². The highest BCUT2D eigenvalue weighted by Crippen LogP contribution is 2.14. The molecule has 130 valence electrons. The fourth-order valence-electron chi connectivity index (χ4n) is 2.48. The van der Waals surface area contributed by atoms with E-state index in [1.165, 1.54) is 23.9 Å². The van der Waals surface area contributed by atoms with Crippen molar-refractivity contribution in [3.63, 3.8) is 0 Å². The molecule has 0 aliphatic rings. The lowest BCUT2D eigenvalue weighted by Crippen LogP contribution is -2.27. The summed E-state index contributed by atoms with van der Waals surface area (Å²) in [5.41, 5.74) is 2.09. The van der Waals surface area contributed by atoms with E-state index in [1.54, 1.807) is 24.3 Å². The number of benzene rings is 2. The summed E-state index contributed by atoms with van der Waals surface area (Å²) >= 11 is 0. The zero-order chi connectivity index (χ0) is 18.5. The summed E-state index contributed by atoms with van der Waals surface area (Å²) < 4.78 is 1.23. The largest absolute Gasteiger partial charge is 0.325 e. The number of ketones is 1. The molecule has 6 heteroatoms. The van der Waals surface area contributed by atoms with Crippen LogP contribution in [0.2, 0.25) is 0 Å². The van der Waals surface area contributed by atoms with Crippen LogP contribution in [-0.4, -0.2) is 21.2 Å². The molecule has 0 radical (unpaired) electrons. The Labute approximate surface area is 150 Å². The van der Waals surface area contributed by atoms with Gasteiger partial charge in [-0.2, -0.15) is 0 Å². The minimum Gasteiger partial charge on any atom is -0.325 e. The summed E-state index contributed by atoms with van der Waals surface area (Å²) in [4.78, 5) is 40.1. The third-order valence-corrected chi connectivity index (χ3v) is 3.82. The van der Waals surface area contributed by atoms with Gasteiger partial charge in [-0.1, -0.05) is 42.5 Å². The molecule has 0 spiro atoms. The monoisotopic (exact) mass is 347 g/mol. The number of amides is 1. The van der Waals surface area contributed by atoms with E-state index in [1.807, 2.05) is 30.3 Å². The molecule has 3 rings (SSSR count). The number of nitrogens with zero attached hydrogens (tertiary/aromatic N) is 2. The fourth-order valence-corrected chi connectivity index (χ4v) is 2.48. The maximum Gasteiger partial charge on any atom is 0.254 e. The molecule has 0 aliphatic carbocycles. The summed E-state index contributed by atoms with van der Waals surface area (Å²) in [6.07, 6.45) is 1.36. The van der Waals surface area contributed by atoms with Gasteiger partial charge < -0.3 is 5.32 Å². The van der Waals surface area contributed by atoms with Crippen molar-refractivity contribution in [2.24, 2.45) is 0 Å². The molecule has 0 atom stereocenters. The van der Waals surface area contributed by atoms with Gasteiger partial charge in [-0.15, -0.1) is 0 Å². The quantitative estimate of drug-likeness (QED) is 0.720. The van der Waals surface area contributed by atoms with Crippen LogP contribution in [0.1, 0.15) is 17.3 Å². The predicted molar refractivity (Wildman–Crippen MR) is 99.0 cm³/mol. The third-order valence-electron chi connectivity index (χ3n) is 3.82. The minimum absolute atomic E-state index is 0.0852. The first-order chi connectivity index (χ1) is 12.5. The Balaban J connectivity index is 1.73. The second-order valence-electron chi connectivity index (χ2n) is 5.79. The average Bonchev–Trinajstić information content (AvgIpc) is 2.64. The van der Waals surface area contributed by atoms with Gasteiger partial charge in [0.1, 0.15) is 6.54 Å². The van der Waals surface area contributed by atoms with Gasteiger partial charge in [0.25, 0.3) is 5.56 Å². The molecule has 0 bridgehead atoms. The van der Waals surface area contributed by atoms with Crippen molar-refractivity contribution in [1.29, 1.82) is 0 Å². The van der Waals surface area contributed by atoms with Gasteiger partial charge in [-0.05, 0) is 19.1 Å². The van der Waals surface area contributed by atoms with Gasteiger partial charge in [-0.25, -0.2) is 4.98 Å². The molecule has 2 aromatic carbocycles. The smallest absolute Gasteiger partial charge is 0.254 e. The van der Waals surface area contributed by atoms with Gasteiger partial charge in [-0.3, -0.25) is 19.0 Å². The van der Waals surface area contributed by atoms with Crippen molar-refractivity contribution in [2.45, 2.75) is 13.5 Å². The Bertz CT molecular complexity index is 1010. The molecule has 0 unspecified atom stereocenters. The van der Waals surface area contributed by atoms with E-state index in [4.69, 9.17) is 0 Å². The summed E-state index contributed by atoms with van der Waals surface area (Å²) in [7, 11) is 0. The van der Waals surface area contributed by atoms with Gasteiger partial charge in [0, 0.05) is 22.9 Å². The van der Waals surface area contributed by atoms with Crippen molar-refractivity contribution in [2.75, 3.05) is 5.32 Å². The molecule has 6 nitrogen and oxygen atoms in total. The van der Waals surface area contributed by atoms with Crippen molar-refractivity contribution in [3.05, 3.63) is 82.9 Å². The highest BCUT2D eigenvalue weighted by Gasteiger charge is 2.08. The van der Waals surface area contributed by atoms with Crippen LogP contribution in [-0.2, 0) is 11.3 Å². The van der Waals surface area contributed by atoms with Gasteiger partial charge >= 0.3 is 0 Å². The Morgan fingerprint density at radius 3 is 2.50 bits per heavy atom. The molecule has 0 saturated heterocycles. The van der Waals surface area contributed by atoms with Gasteiger partial charge in [0.05, 0.1) is 12.0 Å². The first-order valence-electron chi connectivity index (χ1n) is 8.06. The number of Topliss-reactive ketones (excluding diaryl/α,β-unsaturated/α-hetero) is 1. The van der Waals surface area contributed by atoms with Crippen molar-refractivity contribution in [3.8, 4) is 11.3 Å². The zero-order valence-electron chi connectivity index (χ0n) is 14.2. The van der Waals surface area contributed by atoms with Crippen molar-refractivity contribution in [1.82, 2.24) is 9.55 Å². The van der Waals surface area contributed by atoms with Gasteiger partial charge in [0.15, 0.2) is 5.78 Å². The molecule has 1 N–H and O–H groups in total. The Morgan fingerprint density at radius 2 is 1.81 bits per heavy atom. The average molecular weight is 347 g/mol. The molecule has 0 saturated carbocycles. The summed E-state index contributed by atoms with van der Waals surface area (Å²) in [5, 5.41) is 2.68. The number of carbonyl (C=O) groups is 2. The zero-order valence-corrected chi connectivity index (χ0v) is 14.2. The number of hydrogen-bond donors (Lipinski definition) is 1. The topological polar surface area (TPSA) is 81.1 Å². The van der Waals surface area contributed by atoms with Crippen LogP contribution >= 0.6 is 0 Å². The SMILES string of the molecule is CC(=O)c1cccc(NC(=O)Cn2cnc(-c3ccccc3)cc2=O)c1. The lowest BCUT2D eigenvalue weighted by atomic mass is 10.1. The van der Waals surface area contributed by atoms with E-state index in [2.05, 4.69) is 10.3 Å². The summed E-state index contributed by atoms with van der Waals surface area (Å²) in [6, 6.07) is 17.4. The predicted octanol–water partition coefficient (Wildman–Crippen LogP) is 2.75. The minimum atomic E-state index is -0.373. The standard InChI is InChI=1S/C20H17N3O3/c1-14(24)16-8-5-9-17(10-16)22-19(25)12-23-13-21-18(11-20(23)26)15-6-3-2-4-7-15/h2-11,13H,12H2,1H3,(H,22,25). The normalized spacial score (nSPS) is 10.3. The lowest BCUT2D eigenvalue weighted by molar-refractivity contribution is -0.116. The van der Waals surface area contributed by atoms with E-state index in [0.717, 1.165) is 5.56 Å². The van der Waals surface area contributed by atoms with Crippen LogP contribution in [0.15, 0.2) is 71.8 Å². The molecule has 1 aromatic heterocycles. The number of carbonyl (C=O) groups excluding carboxylic acids is 2. The van der Waals surface area contributed by atoms with Crippen LogP contribution < -0.4 is 10.9 Å². The number of aromatic nitrogens is 2. The maximum atomic E-state index is 12.2. The summed E-state index contributed by atoms with van der Waals surface area (Å²) in [5.74, 6) is -0.458. The van der Waals surface area contributed by atoms with E-state index < -0.39 is 0 Å². The van der Waals surface area contributed by atoms with E-state index >= 15 is 0 Å². The fraction of sp³-hybridized carbons (Fsp3) is 0.100. The van der Waals surface area contributed by atoms with E-state index in [9.17, 15) is 14.4 Å². The first-order valence-corrected chi connectivity index (χ1v) is 8.06. The number of hydrogen-bond acceptors (Lipinski definition) is 4. The van der Waals surface area contributed by atoms with E-state index in [0.29, 0.717) is 16.9 Å². The number of rotatable bonds is 5. The molecular formula is C20H17N3O3. The second kappa shape index (κ2) is 7.57. The Hall–Kier alpha value is -3.54. The molecule has 3 aromatic rings. The third kappa shape index (κ3) is 4.10. The van der Waals surface area contributed by atoms with Crippen LogP contribution in [0.3, 0.4) is 0 Å². The molecular weight excluding hydrogens is 330 g/mol. The first kappa shape index (κ1) is 17.3. The Morgan fingerprint density at radius 1 is 1.04 bits per heavy atom. The Kier molecular flexibility index (Phi) is 5.03. The van der Waals surface area contributed by atoms with Crippen LogP contribution in [0, 0.1) is 0 Å². The second-order valence-corrected chi connectivity index (χ2v) is 5.79. The molecule has 26 heavy (non-hydrogen) atoms. The number of nitrogens with one attached hydrogen (secondary N) is 1. The highest BCUT2D eigenvalue weighted by molar-refractivity contribution is 5.97. The van der Waals surface area contributed by atoms with Gasteiger partial charge in [0.2, 0.25) is 5.91 Å². The lowest BCUT2D eigenvalue weighted by Gasteiger charge is -2.08. The maximum absolute atomic E-state index is 12.2. The van der Waals surface area contributed by atoms with E-state index in [-0.39, 0.29) is 23.8 Å². The number of anilines is 1. The summed E-state index contributed by atoms with van der Waals surface area (Å²) in [6.45, 7) is 1.30. The van der Waals surface area contributed by atoms with Crippen molar-refractivity contribution >= 4 is 17.4 Å². The van der Waals surface area contributed by atoms with Crippen LogP contribution in [0.4, 0.5) is 5.69 Å². The van der Waals surface area contributed by atoms with Crippen molar-refractivity contribution < 1.29 is 9.59 Å². The molecule has 0 fully saturated rings. The van der Waals surface area contributed by atoms with Crippen LogP contribution in [0.5, 0.6) is 0 Å². The molecule has 0 aliphatic heterocycles. The molecule has 1 amide bonds. The molecule has 1 heterocycles.